The second kappa shape index (κ2) is 4.26. The van der Waals surface area contributed by atoms with Crippen molar-refractivity contribution >= 4 is 5.97 Å². The van der Waals surface area contributed by atoms with Crippen molar-refractivity contribution in [3.05, 3.63) is 34.2 Å². The Morgan fingerprint density at radius 2 is 2.17 bits per heavy atom. The molecule has 0 spiro atoms. The number of hydrogen-bond donors (Lipinski definition) is 1. The lowest BCUT2D eigenvalue weighted by molar-refractivity contribution is 0.0681. The van der Waals surface area contributed by atoms with Crippen molar-refractivity contribution in [1.82, 2.24) is 4.57 Å². The summed E-state index contributed by atoms with van der Waals surface area (Å²) in [4.78, 5) is 23.0. The highest BCUT2D eigenvalue weighted by Crippen LogP contribution is 2.48. The minimum atomic E-state index is -1.02. The first-order valence-corrected chi connectivity index (χ1v) is 6.58. The van der Waals surface area contributed by atoms with E-state index in [1.54, 1.807) is 0 Å². The minimum Gasteiger partial charge on any atom is -0.477 e. The molecule has 18 heavy (non-hydrogen) atoms. The number of carboxylic acid groups (broad SMARTS) is 1. The molecular formula is C14H17NO3. The van der Waals surface area contributed by atoms with Gasteiger partial charge in [-0.05, 0) is 43.1 Å². The van der Waals surface area contributed by atoms with Gasteiger partial charge in [0.15, 0.2) is 0 Å². The quantitative estimate of drug-likeness (QED) is 0.888. The highest BCUT2D eigenvalue weighted by Gasteiger charge is 2.39. The van der Waals surface area contributed by atoms with E-state index >= 15 is 0 Å². The molecule has 3 atom stereocenters. The van der Waals surface area contributed by atoms with Crippen LogP contribution < -0.4 is 5.56 Å². The Morgan fingerprint density at radius 3 is 2.78 bits per heavy atom. The van der Waals surface area contributed by atoms with E-state index in [0.717, 1.165) is 12.3 Å². The zero-order chi connectivity index (χ0) is 12.7. The van der Waals surface area contributed by atoms with E-state index in [1.807, 2.05) is 0 Å². The van der Waals surface area contributed by atoms with Crippen molar-refractivity contribution in [2.45, 2.75) is 32.2 Å². The predicted molar refractivity (Wildman–Crippen MR) is 66.6 cm³/mol. The summed E-state index contributed by atoms with van der Waals surface area (Å²) in [7, 11) is 0. The van der Waals surface area contributed by atoms with Gasteiger partial charge in [0.25, 0.3) is 5.56 Å². The number of pyridine rings is 1. The molecule has 2 bridgehead atoms. The lowest BCUT2D eigenvalue weighted by atomic mass is 9.88. The van der Waals surface area contributed by atoms with Crippen LogP contribution in [-0.4, -0.2) is 15.6 Å². The molecule has 96 valence electrons. The van der Waals surface area contributed by atoms with Crippen LogP contribution in [0.1, 0.15) is 36.2 Å². The molecule has 0 amide bonds. The van der Waals surface area contributed by atoms with Gasteiger partial charge in [0.2, 0.25) is 0 Å². The first kappa shape index (κ1) is 11.5. The fourth-order valence-electron chi connectivity index (χ4n) is 3.73. The molecule has 2 aliphatic rings. The topological polar surface area (TPSA) is 59.3 Å². The van der Waals surface area contributed by atoms with Gasteiger partial charge in [-0.2, -0.15) is 0 Å². The van der Waals surface area contributed by atoms with Crippen molar-refractivity contribution in [2.24, 2.45) is 17.8 Å². The van der Waals surface area contributed by atoms with Gasteiger partial charge in [-0.15, -0.1) is 0 Å². The van der Waals surface area contributed by atoms with Crippen LogP contribution in [-0.2, 0) is 6.54 Å². The maximum absolute atomic E-state index is 11.8. The van der Waals surface area contributed by atoms with Crippen LogP contribution in [0.5, 0.6) is 0 Å². The van der Waals surface area contributed by atoms with Crippen LogP contribution in [0.25, 0.3) is 0 Å². The molecule has 0 aromatic carbocycles. The summed E-state index contributed by atoms with van der Waals surface area (Å²) in [6.07, 6.45) is 5.00. The highest BCUT2D eigenvalue weighted by atomic mass is 16.4. The number of rotatable bonds is 3. The molecule has 0 saturated heterocycles. The third kappa shape index (κ3) is 1.85. The minimum absolute atomic E-state index is 0.116. The normalized spacial score (nSPS) is 29.7. The monoisotopic (exact) mass is 247 g/mol. The molecule has 3 unspecified atom stereocenters. The van der Waals surface area contributed by atoms with E-state index in [1.165, 1.54) is 42.0 Å². The molecule has 4 heteroatoms. The smallest absolute Gasteiger partial charge is 0.352 e. The third-order valence-corrected chi connectivity index (χ3v) is 4.57. The van der Waals surface area contributed by atoms with E-state index < -0.39 is 5.97 Å². The van der Waals surface area contributed by atoms with Gasteiger partial charge in [-0.3, -0.25) is 4.79 Å². The highest BCUT2D eigenvalue weighted by molar-refractivity contribution is 5.85. The summed E-state index contributed by atoms with van der Waals surface area (Å²) in [5.41, 5.74) is -0.0806. The summed E-state index contributed by atoms with van der Waals surface area (Å²) in [6.45, 7) is 0.572. The van der Waals surface area contributed by atoms with Crippen molar-refractivity contribution in [3.63, 3.8) is 0 Å². The molecule has 1 heterocycles. The van der Waals surface area contributed by atoms with Crippen LogP contribution >= 0.6 is 0 Å². The Labute approximate surface area is 105 Å². The predicted octanol–water partition coefficient (Wildman–Crippen LogP) is 1.98. The molecule has 1 aromatic heterocycles. The number of aromatic nitrogens is 1. The Balaban J connectivity index is 1.88. The molecule has 0 radical (unpaired) electrons. The summed E-state index contributed by atoms with van der Waals surface area (Å²) >= 11 is 0. The van der Waals surface area contributed by atoms with Crippen molar-refractivity contribution in [3.8, 4) is 0 Å². The van der Waals surface area contributed by atoms with Gasteiger partial charge in [-0.25, -0.2) is 4.79 Å². The van der Waals surface area contributed by atoms with Crippen molar-refractivity contribution in [2.75, 3.05) is 0 Å². The van der Waals surface area contributed by atoms with E-state index in [2.05, 4.69) is 0 Å². The van der Waals surface area contributed by atoms with Crippen LogP contribution in [0, 0.1) is 17.8 Å². The SMILES string of the molecule is O=C(O)c1cccc(=O)n1CC1CC2CCC1C2. The van der Waals surface area contributed by atoms with Crippen LogP contribution in [0.2, 0.25) is 0 Å². The Bertz CT molecular complexity index is 534. The van der Waals surface area contributed by atoms with Gasteiger partial charge in [0, 0.05) is 12.6 Å². The van der Waals surface area contributed by atoms with Crippen molar-refractivity contribution < 1.29 is 9.90 Å². The van der Waals surface area contributed by atoms with Gasteiger partial charge in [0.05, 0.1) is 0 Å². The Kier molecular flexibility index (Phi) is 2.73. The first-order chi connectivity index (χ1) is 8.65. The fourth-order valence-corrected chi connectivity index (χ4v) is 3.73. The van der Waals surface area contributed by atoms with Gasteiger partial charge >= 0.3 is 5.97 Å². The number of carbonyl (C=O) groups is 1. The second-order valence-corrected chi connectivity index (χ2v) is 5.60. The van der Waals surface area contributed by atoms with E-state index in [9.17, 15) is 9.59 Å². The molecule has 2 fully saturated rings. The van der Waals surface area contributed by atoms with Crippen LogP contribution in [0.15, 0.2) is 23.0 Å². The number of fused-ring (bicyclic) bond motifs is 2. The Morgan fingerprint density at radius 1 is 1.33 bits per heavy atom. The molecule has 4 nitrogen and oxygen atoms in total. The first-order valence-electron chi connectivity index (χ1n) is 6.58. The Hall–Kier alpha value is -1.58. The van der Waals surface area contributed by atoms with E-state index in [-0.39, 0.29) is 11.3 Å². The largest absolute Gasteiger partial charge is 0.477 e. The van der Waals surface area contributed by atoms with E-state index in [4.69, 9.17) is 5.11 Å². The number of aromatic carboxylic acids is 1. The maximum Gasteiger partial charge on any atom is 0.352 e. The third-order valence-electron chi connectivity index (χ3n) is 4.57. The zero-order valence-corrected chi connectivity index (χ0v) is 10.2. The lowest BCUT2D eigenvalue weighted by Gasteiger charge is -2.23. The molecule has 1 aromatic rings. The number of hydrogen-bond acceptors (Lipinski definition) is 2. The molecular weight excluding hydrogens is 230 g/mol. The van der Waals surface area contributed by atoms with Gasteiger partial charge < -0.3 is 9.67 Å². The zero-order valence-electron chi connectivity index (χ0n) is 10.2. The summed E-state index contributed by atoms with van der Waals surface area (Å²) in [6, 6.07) is 4.47. The molecule has 3 rings (SSSR count). The molecule has 0 aliphatic heterocycles. The van der Waals surface area contributed by atoms with E-state index in [0.29, 0.717) is 18.4 Å². The van der Waals surface area contributed by atoms with Gasteiger partial charge in [-0.1, -0.05) is 12.5 Å². The molecule has 2 aliphatic carbocycles. The molecule has 1 N–H and O–H groups in total. The van der Waals surface area contributed by atoms with Crippen LogP contribution in [0.3, 0.4) is 0 Å². The fraction of sp³-hybridized carbons (Fsp3) is 0.571. The maximum atomic E-state index is 11.8. The van der Waals surface area contributed by atoms with Gasteiger partial charge in [0.1, 0.15) is 5.69 Å². The number of carboxylic acids is 1. The van der Waals surface area contributed by atoms with Crippen molar-refractivity contribution in [1.29, 1.82) is 0 Å². The average molecular weight is 247 g/mol. The summed E-state index contributed by atoms with van der Waals surface area (Å²) < 4.78 is 1.44. The lowest BCUT2D eigenvalue weighted by Crippen LogP contribution is -2.29. The molecule has 2 saturated carbocycles. The number of nitrogens with zero attached hydrogens (tertiary/aromatic N) is 1. The average Bonchev–Trinajstić information content (AvgIpc) is 2.93. The second-order valence-electron chi connectivity index (χ2n) is 5.60. The standard InChI is InChI=1S/C14H17NO3/c16-13-3-1-2-12(14(17)18)15(13)8-11-7-9-4-5-10(11)6-9/h1-3,9-11H,4-8H2,(H,17,18). The summed E-state index contributed by atoms with van der Waals surface area (Å²) in [5.74, 6) is 0.981. The summed E-state index contributed by atoms with van der Waals surface area (Å²) in [5, 5.41) is 9.14. The van der Waals surface area contributed by atoms with Crippen LogP contribution in [0.4, 0.5) is 0 Å².